The van der Waals surface area contributed by atoms with E-state index in [1.54, 1.807) is 29.4 Å². The van der Waals surface area contributed by atoms with E-state index in [0.717, 1.165) is 11.1 Å². The van der Waals surface area contributed by atoms with E-state index in [1.165, 1.54) is 0 Å². The molecule has 4 rings (SSSR count). The van der Waals surface area contributed by atoms with Crippen LogP contribution in [-0.2, 0) is 16.0 Å². The topological polar surface area (TPSA) is 76.1 Å². The number of thiophene rings is 1. The van der Waals surface area contributed by atoms with Gasteiger partial charge in [-0.1, -0.05) is 12.1 Å². The van der Waals surface area contributed by atoms with Crippen LogP contribution in [0.5, 0.6) is 11.5 Å². The Morgan fingerprint density at radius 1 is 1.42 bits per heavy atom. The minimum atomic E-state index is -1.12. The number of likely N-dealkylation sites (tertiary alicyclic amines) is 1. The van der Waals surface area contributed by atoms with Crippen molar-refractivity contribution in [2.24, 2.45) is 5.41 Å². The average molecular weight is 373 g/mol. The zero-order valence-corrected chi connectivity index (χ0v) is 15.1. The van der Waals surface area contributed by atoms with Crippen molar-refractivity contribution in [1.29, 1.82) is 0 Å². The van der Waals surface area contributed by atoms with Gasteiger partial charge in [0.25, 0.3) is 0 Å². The van der Waals surface area contributed by atoms with Crippen LogP contribution in [0.25, 0.3) is 0 Å². The molecule has 3 heterocycles. The number of amides is 1. The lowest BCUT2D eigenvalue weighted by molar-refractivity contribution is -0.152. The Bertz CT molecular complexity index is 850. The molecule has 0 bridgehead atoms. The van der Waals surface area contributed by atoms with Crippen LogP contribution in [0.1, 0.15) is 17.0 Å². The molecule has 0 unspecified atom stereocenters. The van der Waals surface area contributed by atoms with Gasteiger partial charge in [-0.3, -0.25) is 9.59 Å². The Labute approximate surface area is 155 Å². The van der Waals surface area contributed by atoms with Crippen molar-refractivity contribution in [3.05, 3.63) is 46.2 Å². The van der Waals surface area contributed by atoms with Crippen molar-refractivity contribution in [2.45, 2.75) is 12.3 Å². The van der Waals surface area contributed by atoms with Gasteiger partial charge in [0.1, 0.15) is 12.0 Å². The molecule has 1 saturated heterocycles. The monoisotopic (exact) mass is 373 g/mol. The van der Waals surface area contributed by atoms with Gasteiger partial charge in [0.05, 0.1) is 13.5 Å². The summed E-state index contributed by atoms with van der Waals surface area (Å²) in [6, 6.07) is 7.41. The summed E-state index contributed by atoms with van der Waals surface area (Å²) < 4.78 is 11.2. The maximum atomic E-state index is 12.7. The molecule has 2 aliphatic heterocycles. The third-order valence-electron chi connectivity index (χ3n) is 5.34. The van der Waals surface area contributed by atoms with Crippen LogP contribution in [0, 0.1) is 5.41 Å². The number of carbonyl (C=O) groups is 2. The zero-order valence-electron chi connectivity index (χ0n) is 14.3. The maximum Gasteiger partial charge on any atom is 0.315 e. The minimum absolute atomic E-state index is 0.0304. The lowest BCUT2D eigenvalue weighted by Gasteiger charge is -2.36. The molecule has 136 valence electrons. The van der Waals surface area contributed by atoms with Gasteiger partial charge in [0.2, 0.25) is 5.91 Å². The standard InChI is InChI=1S/C19H19NO5S/c1-24-15-4-2-3-13-14-8-20(16(21)7-12-5-6-26-9-12)10-19(14,18(22)23)11-25-17(13)15/h2-6,9,14H,7-8,10-11H2,1H3,(H,22,23)/t14-,19-/m0/s1. The van der Waals surface area contributed by atoms with E-state index in [9.17, 15) is 14.7 Å². The smallest absolute Gasteiger partial charge is 0.315 e. The Morgan fingerprint density at radius 2 is 2.27 bits per heavy atom. The summed E-state index contributed by atoms with van der Waals surface area (Å²) in [7, 11) is 1.56. The number of methoxy groups -OCH3 is 1. The number of carboxylic acids is 1. The fourth-order valence-corrected chi connectivity index (χ4v) is 4.59. The molecule has 1 N–H and O–H groups in total. The molecule has 1 fully saturated rings. The van der Waals surface area contributed by atoms with Crippen molar-refractivity contribution < 1.29 is 24.2 Å². The summed E-state index contributed by atoms with van der Waals surface area (Å²) in [5.74, 6) is -0.122. The van der Waals surface area contributed by atoms with Crippen LogP contribution in [0.2, 0.25) is 0 Å². The van der Waals surface area contributed by atoms with Crippen molar-refractivity contribution in [2.75, 3.05) is 26.8 Å². The van der Waals surface area contributed by atoms with Gasteiger partial charge in [-0.2, -0.15) is 11.3 Å². The van der Waals surface area contributed by atoms with Gasteiger partial charge in [0, 0.05) is 24.6 Å². The summed E-state index contributed by atoms with van der Waals surface area (Å²) in [5.41, 5.74) is 0.630. The second kappa shape index (κ2) is 6.32. The molecule has 2 atom stereocenters. The quantitative estimate of drug-likeness (QED) is 0.891. The number of benzene rings is 1. The highest BCUT2D eigenvalue weighted by Gasteiger charge is 2.57. The van der Waals surface area contributed by atoms with Gasteiger partial charge < -0.3 is 19.5 Å². The van der Waals surface area contributed by atoms with E-state index in [4.69, 9.17) is 9.47 Å². The number of aliphatic carboxylic acids is 1. The first-order chi connectivity index (χ1) is 12.5. The third kappa shape index (κ3) is 2.54. The van der Waals surface area contributed by atoms with E-state index < -0.39 is 11.4 Å². The first kappa shape index (κ1) is 16.9. The van der Waals surface area contributed by atoms with Crippen molar-refractivity contribution >= 4 is 23.2 Å². The van der Waals surface area contributed by atoms with Gasteiger partial charge >= 0.3 is 5.97 Å². The molecule has 1 amide bonds. The van der Waals surface area contributed by atoms with E-state index in [-0.39, 0.29) is 31.4 Å². The van der Waals surface area contributed by atoms with Crippen LogP contribution < -0.4 is 9.47 Å². The average Bonchev–Trinajstić information content (AvgIpc) is 3.28. The highest BCUT2D eigenvalue weighted by Crippen LogP contribution is 2.52. The van der Waals surface area contributed by atoms with Crippen molar-refractivity contribution in [1.82, 2.24) is 4.90 Å². The maximum absolute atomic E-state index is 12.7. The van der Waals surface area contributed by atoms with E-state index >= 15 is 0 Å². The fourth-order valence-electron chi connectivity index (χ4n) is 3.92. The molecule has 0 radical (unpaired) electrons. The lowest BCUT2D eigenvalue weighted by Crippen LogP contribution is -2.46. The number of carbonyl (C=O) groups excluding carboxylic acids is 1. The second-order valence-electron chi connectivity index (χ2n) is 6.76. The Balaban J connectivity index is 1.67. The Kier molecular flexibility index (Phi) is 4.11. The first-order valence-corrected chi connectivity index (χ1v) is 9.31. The van der Waals surface area contributed by atoms with Gasteiger partial charge in [0.15, 0.2) is 11.5 Å². The largest absolute Gasteiger partial charge is 0.493 e. The van der Waals surface area contributed by atoms with Gasteiger partial charge in [-0.05, 0) is 28.5 Å². The number of ether oxygens (including phenoxy) is 2. The summed E-state index contributed by atoms with van der Waals surface area (Å²) in [4.78, 5) is 26.5. The molecule has 0 saturated carbocycles. The van der Waals surface area contributed by atoms with Crippen LogP contribution in [-0.4, -0.2) is 48.7 Å². The third-order valence-corrected chi connectivity index (χ3v) is 6.07. The molecule has 0 spiro atoms. The highest BCUT2D eigenvalue weighted by molar-refractivity contribution is 7.08. The number of carboxylic acid groups (broad SMARTS) is 1. The van der Waals surface area contributed by atoms with E-state index in [2.05, 4.69) is 0 Å². The Hall–Kier alpha value is -2.54. The van der Waals surface area contributed by atoms with Gasteiger partial charge in [-0.25, -0.2) is 0 Å². The molecule has 7 heteroatoms. The summed E-state index contributed by atoms with van der Waals surface area (Å²) in [6.07, 6.45) is 0.289. The second-order valence-corrected chi connectivity index (χ2v) is 7.54. The van der Waals surface area contributed by atoms with Crippen molar-refractivity contribution in [3.63, 3.8) is 0 Å². The summed E-state index contributed by atoms with van der Waals surface area (Å²) >= 11 is 1.54. The van der Waals surface area contributed by atoms with Crippen LogP contribution in [0.3, 0.4) is 0 Å². The Morgan fingerprint density at radius 3 is 2.96 bits per heavy atom. The number of hydrogen-bond acceptors (Lipinski definition) is 5. The summed E-state index contributed by atoms with van der Waals surface area (Å²) in [6.45, 7) is 0.564. The van der Waals surface area contributed by atoms with Crippen LogP contribution in [0.15, 0.2) is 35.0 Å². The lowest BCUT2D eigenvalue weighted by atomic mass is 9.73. The molecular formula is C19H19NO5S. The minimum Gasteiger partial charge on any atom is -0.493 e. The number of rotatable bonds is 4. The first-order valence-electron chi connectivity index (χ1n) is 8.37. The van der Waals surface area contributed by atoms with Crippen LogP contribution >= 0.6 is 11.3 Å². The molecule has 1 aromatic carbocycles. The van der Waals surface area contributed by atoms with Gasteiger partial charge in [-0.15, -0.1) is 0 Å². The zero-order chi connectivity index (χ0) is 18.3. The summed E-state index contributed by atoms with van der Waals surface area (Å²) in [5, 5.41) is 13.8. The molecule has 26 heavy (non-hydrogen) atoms. The predicted octanol–water partition coefficient (Wildman–Crippen LogP) is 2.39. The number of nitrogens with zero attached hydrogens (tertiary/aromatic N) is 1. The molecule has 6 nitrogen and oxygen atoms in total. The molecule has 1 aromatic heterocycles. The molecule has 2 aromatic rings. The van der Waals surface area contributed by atoms with E-state index in [1.807, 2.05) is 29.0 Å². The molecule has 0 aliphatic carbocycles. The number of fused-ring (bicyclic) bond motifs is 3. The normalized spacial score (nSPS) is 23.7. The van der Waals surface area contributed by atoms with Crippen LogP contribution in [0.4, 0.5) is 0 Å². The fraction of sp³-hybridized carbons (Fsp3) is 0.368. The SMILES string of the molecule is COc1cccc2c1OC[C@@]1(C(=O)O)CN(C(=O)Cc3ccsc3)C[C@@H]21. The molecular weight excluding hydrogens is 354 g/mol. The number of para-hydroxylation sites is 1. The molecule has 2 aliphatic rings. The highest BCUT2D eigenvalue weighted by atomic mass is 32.1. The van der Waals surface area contributed by atoms with E-state index in [0.29, 0.717) is 18.0 Å². The van der Waals surface area contributed by atoms with Crippen molar-refractivity contribution in [3.8, 4) is 11.5 Å². The predicted molar refractivity (Wildman–Crippen MR) is 95.9 cm³/mol. The number of hydrogen-bond donors (Lipinski definition) is 1.